The molecule has 3 aromatic rings. The van der Waals surface area contributed by atoms with E-state index in [1.165, 1.54) is 0 Å². The van der Waals surface area contributed by atoms with E-state index in [2.05, 4.69) is 38.2 Å². The van der Waals surface area contributed by atoms with E-state index in [9.17, 15) is 9.59 Å². The van der Waals surface area contributed by atoms with Crippen molar-refractivity contribution >= 4 is 40.1 Å². The molecular formula is C22H24IN5O3. The number of amides is 2. The SMILES string of the molecule is CC(C)CC(C(=O)NO)C(=O)Nc1ccc(Cn2cc(-c3ccc(I)cc3)nn2)cc1. The summed E-state index contributed by atoms with van der Waals surface area (Å²) in [7, 11) is 0. The van der Waals surface area contributed by atoms with Crippen molar-refractivity contribution < 1.29 is 14.8 Å². The Hall–Kier alpha value is -2.79. The maximum atomic E-state index is 12.5. The molecule has 31 heavy (non-hydrogen) atoms. The fourth-order valence-corrected chi connectivity index (χ4v) is 3.48. The molecule has 0 spiro atoms. The summed E-state index contributed by atoms with van der Waals surface area (Å²) >= 11 is 2.26. The number of hydrogen-bond donors (Lipinski definition) is 3. The van der Waals surface area contributed by atoms with E-state index in [1.54, 1.807) is 22.3 Å². The minimum absolute atomic E-state index is 0.127. The average molecular weight is 533 g/mol. The van der Waals surface area contributed by atoms with E-state index in [0.29, 0.717) is 18.7 Å². The molecule has 3 N–H and O–H groups in total. The van der Waals surface area contributed by atoms with Crippen LogP contribution in [0.2, 0.25) is 0 Å². The fourth-order valence-electron chi connectivity index (χ4n) is 3.12. The van der Waals surface area contributed by atoms with Gasteiger partial charge in [0, 0.05) is 14.8 Å². The molecule has 0 saturated carbocycles. The van der Waals surface area contributed by atoms with Gasteiger partial charge < -0.3 is 5.32 Å². The van der Waals surface area contributed by atoms with Gasteiger partial charge in [-0.3, -0.25) is 14.8 Å². The minimum Gasteiger partial charge on any atom is -0.325 e. The third-order valence-corrected chi connectivity index (χ3v) is 5.41. The highest BCUT2D eigenvalue weighted by Gasteiger charge is 2.27. The average Bonchev–Trinajstić information content (AvgIpc) is 3.21. The van der Waals surface area contributed by atoms with Gasteiger partial charge in [0.15, 0.2) is 0 Å². The first-order valence-electron chi connectivity index (χ1n) is 9.85. The van der Waals surface area contributed by atoms with Crippen LogP contribution in [0.1, 0.15) is 25.8 Å². The zero-order valence-electron chi connectivity index (χ0n) is 17.2. The normalized spacial score (nSPS) is 11.9. The number of anilines is 1. The Labute approximate surface area is 194 Å². The lowest BCUT2D eigenvalue weighted by Crippen LogP contribution is -2.37. The van der Waals surface area contributed by atoms with Gasteiger partial charge in [-0.25, -0.2) is 10.2 Å². The first-order valence-corrected chi connectivity index (χ1v) is 10.9. The van der Waals surface area contributed by atoms with Crippen molar-refractivity contribution in [3.05, 3.63) is 63.9 Å². The van der Waals surface area contributed by atoms with Gasteiger partial charge in [0.25, 0.3) is 5.91 Å². The highest BCUT2D eigenvalue weighted by Crippen LogP contribution is 2.19. The first-order chi connectivity index (χ1) is 14.9. The number of hydrogen-bond acceptors (Lipinski definition) is 5. The van der Waals surface area contributed by atoms with Crippen LogP contribution in [0.5, 0.6) is 0 Å². The molecule has 0 aliphatic rings. The van der Waals surface area contributed by atoms with Gasteiger partial charge in [-0.2, -0.15) is 0 Å². The summed E-state index contributed by atoms with van der Waals surface area (Å²) in [6.07, 6.45) is 2.23. The van der Waals surface area contributed by atoms with Crippen LogP contribution in [-0.4, -0.2) is 32.0 Å². The molecular weight excluding hydrogens is 509 g/mol. The van der Waals surface area contributed by atoms with Crippen molar-refractivity contribution in [3.8, 4) is 11.3 Å². The summed E-state index contributed by atoms with van der Waals surface area (Å²) < 4.78 is 2.92. The van der Waals surface area contributed by atoms with Crippen LogP contribution in [0.25, 0.3) is 11.3 Å². The molecule has 1 heterocycles. The molecule has 0 saturated heterocycles. The van der Waals surface area contributed by atoms with Crippen molar-refractivity contribution in [2.24, 2.45) is 11.8 Å². The summed E-state index contributed by atoms with van der Waals surface area (Å²) in [5.74, 6) is -1.99. The number of carbonyl (C=O) groups excluding carboxylic acids is 2. The quantitative estimate of drug-likeness (QED) is 0.177. The van der Waals surface area contributed by atoms with E-state index >= 15 is 0 Å². The summed E-state index contributed by atoms with van der Waals surface area (Å²) in [5, 5.41) is 20.1. The molecule has 0 aliphatic carbocycles. The van der Waals surface area contributed by atoms with Crippen LogP contribution in [0.15, 0.2) is 54.7 Å². The van der Waals surface area contributed by atoms with Crippen LogP contribution in [0.3, 0.4) is 0 Å². The largest absolute Gasteiger partial charge is 0.325 e. The van der Waals surface area contributed by atoms with Crippen molar-refractivity contribution in [1.29, 1.82) is 0 Å². The zero-order chi connectivity index (χ0) is 22.4. The minimum atomic E-state index is -0.959. The lowest BCUT2D eigenvalue weighted by Gasteiger charge is -2.17. The van der Waals surface area contributed by atoms with Crippen LogP contribution >= 0.6 is 22.6 Å². The summed E-state index contributed by atoms with van der Waals surface area (Å²) in [4.78, 5) is 24.3. The second-order valence-corrected chi connectivity index (χ2v) is 8.90. The zero-order valence-corrected chi connectivity index (χ0v) is 19.4. The number of aromatic nitrogens is 3. The molecule has 0 fully saturated rings. The predicted octanol–water partition coefficient (Wildman–Crippen LogP) is 3.70. The molecule has 2 aromatic carbocycles. The highest BCUT2D eigenvalue weighted by molar-refractivity contribution is 14.1. The Morgan fingerprint density at radius 1 is 1.06 bits per heavy atom. The summed E-state index contributed by atoms with van der Waals surface area (Å²) in [6.45, 7) is 4.36. The van der Waals surface area contributed by atoms with E-state index in [-0.39, 0.29) is 5.92 Å². The maximum Gasteiger partial charge on any atom is 0.255 e. The predicted molar refractivity (Wildman–Crippen MR) is 125 cm³/mol. The number of hydroxylamine groups is 1. The van der Waals surface area contributed by atoms with Crippen LogP contribution < -0.4 is 10.8 Å². The lowest BCUT2D eigenvalue weighted by atomic mass is 9.95. The molecule has 162 valence electrons. The number of rotatable bonds is 8. The molecule has 2 amide bonds. The molecule has 0 aliphatic heterocycles. The monoisotopic (exact) mass is 533 g/mol. The Morgan fingerprint density at radius 2 is 1.74 bits per heavy atom. The van der Waals surface area contributed by atoms with E-state index in [1.807, 2.05) is 56.4 Å². The molecule has 1 atom stereocenters. The molecule has 1 aromatic heterocycles. The van der Waals surface area contributed by atoms with E-state index in [0.717, 1.165) is 20.4 Å². The van der Waals surface area contributed by atoms with Crippen molar-refractivity contribution in [2.75, 3.05) is 5.32 Å². The van der Waals surface area contributed by atoms with Crippen molar-refractivity contribution in [2.45, 2.75) is 26.8 Å². The highest BCUT2D eigenvalue weighted by atomic mass is 127. The molecule has 8 nitrogen and oxygen atoms in total. The smallest absolute Gasteiger partial charge is 0.255 e. The van der Waals surface area contributed by atoms with Gasteiger partial charge in [-0.15, -0.1) is 5.10 Å². The second-order valence-electron chi connectivity index (χ2n) is 7.65. The summed E-state index contributed by atoms with van der Waals surface area (Å²) in [5.41, 5.74) is 4.95. The van der Waals surface area contributed by atoms with Crippen LogP contribution in [0.4, 0.5) is 5.69 Å². The van der Waals surface area contributed by atoms with Crippen molar-refractivity contribution in [1.82, 2.24) is 20.5 Å². The Kier molecular flexibility index (Phi) is 7.75. The lowest BCUT2D eigenvalue weighted by molar-refractivity contribution is -0.139. The molecule has 9 heteroatoms. The van der Waals surface area contributed by atoms with Crippen molar-refractivity contribution in [3.63, 3.8) is 0 Å². The maximum absolute atomic E-state index is 12.5. The molecule has 1 unspecified atom stereocenters. The Bertz CT molecular complexity index is 1030. The van der Waals surface area contributed by atoms with Crippen LogP contribution in [0, 0.1) is 15.4 Å². The fraction of sp³-hybridized carbons (Fsp3) is 0.273. The topological polar surface area (TPSA) is 109 Å². The number of benzene rings is 2. The van der Waals surface area contributed by atoms with Crippen LogP contribution in [-0.2, 0) is 16.1 Å². The standard InChI is InChI=1S/C22H24IN5O3/c1-14(2)11-19(22(30)26-31)21(29)24-18-9-3-15(4-10-18)12-28-13-20(25-27-28)16-5-7-17(23)8-6-16/h3-10,13-14,19,31H,11-12H2,1-2H3,(H,24,29)(H,26,30). The number of carbonyl (C=O) groups is 2. The number of nitrogens with one attached hydrogen (secondary N) is 2. The third kappa shape index (κ3) is 6.34. The molecule has 0 bridgehead atoms. The van der Waals surface area contributed by atoms with E-state index in [4.69, 9.17) is 5.21 Å². The Morgan fingerprint density at radius 3 is 2.35 bits per heavy atom. The number of nitrogens with zero attached hydrogens (tertiary/aromatic N) is 3. The molecule has 0 radical (unpaired) electrons. The van der Waals surface area contributed by atoms with Gasteiger partial charge in [0.05, 0.1) is 12.7 Å². The third-order valence-electron chi connectivity index (χ3n) is 4.69. The van der Waals surface area contributed by atoms with Gasteiger partial charge in [-0.1, -0.05) is 43.3 Å². The first kappa shape index (κ1) is 22.9. The van der Waals surface area contributed by atoms with Gasteiger partial charge in [0.2, 0.25) is 5.91 Å². The van der Waals surface area contributed by atoms with Gasteiger partial charge >= 0.3 is 0 Å². The Balaban J connectivity index is 1.63. The van der Waals surface area contributed by atoms with E-state index < -0.39 is 17.7 Å². The molecule has 3 rings (SSSR count). The van der Waals surface area contributed by atoms with Gasteiger partial charge in [-0.05, 0) is 64.8 Å². The second kappa shape index (κ2) is 10.5. The number of halogens is 1. The summed E-state index contributed by atoms with van der Waals surface area (Å²) in [6, 6.07) is 15.4. The van der Waals surface area contributed by atoms with Gasteiger partial charge in [0.1, 0.15) is 11.6 Å².